The van der Waals surface area contributed by atoms with Crippen molar-refractivity contribution >= 4 is 17.6 Å². The second-order valence-corrected chi connectivity index (χ2v) is 9.06. The number of hydrogen-bond donors (Lipinski definition) is 0. The number of anilines is 1. The summed E-state index contributed by atoms with van der Waals surface area (Å²) in [7, 11) is 0. The van der Waals surface area contributed by atoms with Gasteiger partial charge in [-0.2, -0.15) is 5.26 Å². The summed E-state index contributed by atoms with van der Waals surface area (Å²) in [6.07, 6.45) is 5.92. The van der Waals surface area contributed by atoms with Gasteiger partial charge in [0.2, 0.25) is 0 Å². The molecule has 0 N–H and O–H groups in total. The zero-order valence-electron chi connectivity index (χ0n) is 18.1. The molecule has 0 spiro atoms. The van der Waals surface area contributed by atoms with Gasteiger partial charge >= 0.3 is 11.8 Å². The van der Waals surface area contributed by atoms with E-state index < -0.39 is 0 Å². The number of fused-ring (bicyclic) bond motifs is 1. The third kappa shape index (κ3) is 3.88. The normalized spacial score (nSPS) is 18.7. The highest BCUT2D eigenvalue weighted by atomic mass is 16.2. The Kier molecular flexibility index (Phi) is 5.94. The van der Waals surface area contributed by atoms with Crippen molar-refractivity contribution in [3.63, 3.8) is 0 Å². The number of piperazine rings is 1. The van der Waals surface area contributed by atoms with Crippen molar-refractivity contribution in [1.29, 1.82) is 5.26 Å². The number of carbonyl (C=O) groups is 2. The van der Waals surface area contributed by atoms with Crippen molar-refractivity contribution in [2.75, 3.05) is 44.2 Å². The molecule has 2 aliphatic heterocycles. The quantitative estimate of drug-likeness (QED) is 0.713. The number of pyridine rings is 1. The fourth-order valence-electron chi connectivity index (χ4n) is 4.94. The van der Waals surface area contributed by atoms with Crippen molar-refractivity contribution in [3.05, 3.63) is 22.4 Å². The summed E-state index contributed by atoms with van der Waals surface area (Å²) in [5, 5.41) is 9.89. The Hall–Kier alpha value is -2.62. The van der Waals surface area contributed by atoms with Crippen LogP contribution in [0.2, 0.25) is 0 Å². The number of aromatic nitrogens is 1. The minimum absolute atomic E-state index is 0.367. The lowest BCUT2D eigenvalue weighted by molar-refractivity contribution is -0.151. The van der Waals surface area contributed by atoms with Gasteiger partial charge in [-0.25, -0.2) is 4.98 Å². The van der Waals surface area contributed by atoms with Crippen LogP contribution in [0.3, 0.4) is 0 Å². The zero-order chi connectivity index (χ0) is 21.3. The molecule has 2 amide bonds. The van der Waals surface area contributed by atoms with Crippen LogP contribution in [-0.2, 0) is 28.9 Å². The van der Waals surface area contributed by atoms with Gasteiger partial charge in [-0.15, -0.1) is 0 Å². The lowest BCUT2D eigenvalue weighted by Crippen LogP contribution is -2.53. The average molecular weight is 410 g/mol. The number of carbonyl (C=O) groups excluding carboxylic acids is 2. The molecule has 4 rings (SSSR count). The molecular formula is C23H31N5O2. The van der Waals surface area contributed by atoms with E-state index in [1.807, 2.05) is 0 Å². The van der Waals surface area contributed by atoms with Gasteiger partial charge in [-0.1, -0.05) is 13.8 Å². The van der Waals surface area contributed by atoms with E-state index >= 15 is 0 Å². The summed E-state index contributed by atoms with van der Waals surface area (Å²) in [5.41, 5.74) is 4.31. The van der Waals surface area contributed by atoms with Crippen molar-refractivity contribution in [2.24, 2.45) is 5.92 Å². The maximum absolute atomic E-state index is 12.6. The molecule has 0 radical (unpaired) electrons. The summed E-state index contributed by atoms with van der Waals surface area (Å²) in [5.74, 6) is 0.522. The van der Waals surface area contributed by atoms with Crippen LogP contribution >= 0.6 is 0 Å². The Morgan fingerprint density at radius 1 is 0.933 bits per heavy atom. The third-order valence-corrected chi connectivity index (χ3v) is 6.49. The van der Waals surface area contributed by atoms with Crippen LogP contribution in [0.4, 0.5) is 5.82 Å². The van der Waals surface area contributed by atoms with Crippen LogP contribution in [0.25, 0.3) is 0 Å². The Balaban J connectivity index is 1.51. The maximum atomic E-state index is 12.6. The summed E-state index contributed by atoms with van der Waals surface area (Å²) in [4.78, 5) is 35.5. The minimum atomic E-state index is -0.389. The van der Waals surface area contributed by atoms with Gasteiger partial charge in [0.25, 0.3) is 0 Å². The Labute approximate surface area is 178 Å². The number of nitrogens with zero attached hydrogens (tertiary/aromatic N) is 5. The highest BCUT2D eigenvalue weighted by Crippen LogP contribution is 2.34. The van der Waals surface area contributed by atoms with Crippen LogP contribution in [0.1, 0.15) is 55.5 Å². The highest BCUT2D eigenvalue weighted by molar-refractivity contribution is 6.35. The molecule has 3 aliphatic rings. The third-order valence-electron chi connectivity index (χ3n) is 6.49. The molecule has 2 saturated heterocycles. The summed E-state index contributed by atoms with van der Waals surface area (Å²) in [6.45, 7) is 7.94. The Morgan fingerprint density at radius 3 is 2.13 bits per heavy atom. The SMILES string of the molecule is CC(C)Cc1nc(N2CCN(C(=O)C(=O)N3CCCC3)CC2)c(C#N)c2c1CCC2. The van der Waals surface area contributed by atoms with Crippen LogP contribution < -0.4 is 4.90 Å². The molecule has 0 atom stereocenters. The first-order valence-corrected chi connectivity index (χ1v) is 11.3. The van der Waals surface area contributed by atoms with E-state index in [4.69, 9.17) is 4.98 Å². The van der Waals surface area contributed by atoms with Crippen molar-refractivity contribution < 1.29 is 9.59 Å². The highest BCUT2D eigenvalue weighted by Gasteiger charge is 2.32. The van der Waals surface area contributed by atoms with Gasteiger partial charge in [0.1, 0.15) is 11.9 Å². The molecule has 30 heavy (non-hydrogen) atoms. The average Bonchev–Trinajstić information content (AvgIpc) is 3.44. The number of nitriles is 1. The van der Waals surface area contributed by atoms with E-state index in [-0.39, 0.29) is 11.8 Å². The maximum Gasteiger partial charge on any atom is 0.312 e. The predicted octanol–water partition coefficient (Wildman–Crippen LogP) is 1.91. The molecule has 1 aromatic rings. The van der Waals surface area contributed by atoms with Crippen LogP contribution in [0, 0.1) is 17.2 Å². The van der Waals surface area contributed by atoms with Gasteiger partial charge in [0.05, 0.1) is 5.56 Å². The van der Waals surface area contributed by atoms with Crippen LogP contribution in [-0.4, -0.2) is 65.9 Å². The van der Waals surface area contributed by atoms with E-state index in [9.17, 15) is 14.9 Å². The molecule has 0 saturated carbocycles. The smallest absolute Gasteiger partial charge is 0.312 e. The molecule has 0 aromatic carbocycles. The predicted molar refractivity (Wildman–Crippen MR) is 114 cm³/mol. The molecule has 1 aromatic heterocycles. The first-order valence-electron chi connectivity index (χ1n) is 11.3. The van der Waals surface area contributed by atoms with Crippen molar-refractivity contribution in [3.8, 4) is 6.07 Å². The zero-order valence-corrected chi connectivity index (χ0v) is 18.1. The van der Waals surface area contributed by atoms with E-state index in [1.54, 1.807) is 9.80 Å². The molecule has 7 nitrogen and oxygen atoms in total. The van der Waals surface area contributed by atoms with Gasteiger partial charge in [-0.05, 0) is 55.6 Å². The van der Waals surface area contributed by atoms with Crippen LogP contribution in [0.15, 0.2) is 0 Å². The summed E-state index contributed by atoms with van der Waals surface area (Å²) in [6, 6.07) is 2.42. The fourth-order valence-corrected chi connectivity index (χ4v) is 4.94. The molecule has 0 bridgehead atoms. The first-order chi connectivity index (χ1) is 14.5. The second kappa shape index (κ2) is 8.63. The molecule has 3 heterocycles. The number of rotatable bonds is 3. The number of hydrogen-bond acceptors (Lipinski definition) is 5. The van der Waals surface area contributed by atoms with E-state index in [1.165, 1.54) is 11.1 Å². The van der Waals surface area contributed by atoms with Crippen molar-refractivity contribution in [1.82, 2.24) is 14.8 Å². The lowest BCUT2D eigenvalue weighted by atomic mass is 9.97. The monoisotopic (exact) mass is 409 g/mol. The largest absolute Gasteiger partial charge is 0.352 e. The topological polar surface area (TPSA) is 80.5 Å². The second-order valence-electron chi connectivity index (χ2n) is 9.06. The number of likely N-dealkylation sites (tertiary alicyclic amines) is 1. The van der Waals surface area contributed by atoms with E-state index in [0.29, 0.717) is 50.7 Å². The molecule has 0 unspecified atom stereocenters. The standard InChI is InChI=1S/C23H31N5O2/c1-16(2)14-20-18-7-5-6-17(18)19(15-24)21(25-20)26-10-12-28(13-11-26)23(30)22(29)27-8-3-4-9-27/h16H,3-14H2,1-2H3. The van der Waals surface area contributed by atoms with E-state index in [2.05, 4.69) is 24.8 Å². The van der Waals surface area contributed by atoms with Gasteiger partial charge < -0.3 is 14.7 Å². The first kappa shape index (κ1) is 20.6. The lowest BCUT2D eigenvalue weighted by Gasteiger charge is -2.36. The molecular weight excluding hydrogens is 378 g/mol. The van der Waals surface area contributed by atoms with Gasteiger partial charge in [0, 0.05) is 45.0 Å². The van der Waals surface area contributed by atoms with E-state index in [0.717, 1.165) is 50.0 Å². The Morgan fingerprint density at radius 2 is 1.53 bits per heavy atom. The summed E-state index contributed by atoms with van der Waals surface area (Å²) >= 11 is 0. The fraction of sp³-hybridized carbons (Fsp3) is 0.652. The molecule has 1 aliphatic carbocycles. The van der Waals surface area contributed by atoms with Gasteiger partial charge in [0.15, 0.2) is 0 Å². The van der Waals surface area contributed by atoms with Crippen molar-refractivity contribution in [2.45, 2.75) is 52.4 Å². The minimum Gasteiger partial charge on any atom is -0.352 e. The van der Waals surface area contributed by atoms with Gasteiger partial charge in [-0.3, -0.25) is 9.59 Å². The molecule has 7 heteroatoms. The number of amides is 2. The molecule has 2 fully saturated rings. The Bertz CT molecular complexity index is 875. The van der Waals surface area contributed by atoms with Crippen LogP contribution in [0.5, 0.6) is 0 Å². The molecule has 160 valence electrons. The summed E-state index contributed by atoms with van der Waals surface area (Å²) < 4.78 is 0.